The molecule has 0 fully saturated rings. The van der Waals surface area contributed by atoms with Crippen molar-refractivity contribution in [1.29, 1.82) is 0 Å². The fourth-order valence-corrected chi connectivity index (χ4v) is 2.39. The summed E-state index contributed by atoms with van der Waals surface area (Å²) in [6.07, 6.45) is 0.328. The first-order valence-corrected chi connectivity index (χ1v) is 6.99. The van der Waals surface area contributed by atoms with Gasteiger partial charge in [0.15, 0.2) is 0 Å². The van der Waals surface area contributed by atoms with Gasteiger partial charge in [0.2, 0.25) is 0 Å². The molecule has 1 aromatic carbocycles. The summed E-state index contributed by atoms with van der Waals surface area (Å²) < 4.78 is 22.3. The van der Waals surface area contributed by atoms with E-state index in [0.717, 1.165) is 0 Å². The molecular weight excluding hydrogens is 227 g/mol. The van der Waals surface area contributed by atoms with Crippen LogP contribution in [-0.4, -0.2) is 17.9 Å². The van der Waals surface area contributed by atoms with Gasteiger partial charge in [0.1, 0.15) is 5.75 Å². The van der Waals surface area contributed by atoms with E-state index in [4.69, 9.17) is 9.05 Å². The first-order chi connectivity index (χ1) is 7.61. The highest BCUT2D eigenvalue weighted by Gasteiger charge is 2.21. The summed E-state index contributed by atoms with van der Waals surface area (Å²) in [6, 6.07) is 6.80. The summed E-state index contributed by atoms with van der Waals surface area (Å²) in [5.41, 5.74) is 0.607. The van der Waals surface area contributed by atoms with Gasteiger partial charge in [0.25, 0.3) is 0 Å². The lowest BCUT2D eigenvalue weighted by Gasteiger charge is -2.16. The minimum absolute atomic E-state index is 0.0950. The summed E-state index contributed by atoms with van der Waals surface area (Å²) >= 11 is 0. The van der Waals surface area contributed by atoms with Gasteiger partial charge in [0, 0.05) is 11.7 Å². The monoisotopic (exact) mass is 244 g/mol. The fraction of sp³-hybridized carbons (Fsp3) is 0.455. The van der Waals surface area contributed by atoms with Crippen LogP contribution in [0.3, 0.4) is 0 Å². The number of rotatable bonds is 6. The molecule has 0 saturated heterocycles. The van der Waals surface area contributed by atoms with Crippen molar-refractivity contribution < 1.29 is 18.7 Å². The molecule has 1 atom stereocenters. The Bertz CT molecular complexity index is 378. The molecule has 0 heterocycles. The average molecular weight is 244 g/mol. The molecule has 0 aliphatic rings. The molecule has 16 heavy (non-hydrogen) atoms. The zero-order valence-electron chi connectivity index (χ0n) is 9.55. The molecule has 0 aliphatic heterocycles. The Labute approximate surface area is 95.7 Å². The number of phenolic OH excluding ortho intramolecular Hbond substituents is 1. The van der Waals surface area contributed by atoms with Gasteiger partial charge in [0.05, 0.1) is 13.2 Å². The normalized spacial score (nSPS) is 14.6. The van der Waals surface area contributed by atoms with Crippen LogP contribution in [0.4, 0.5) is 0 Å². The van der Waals surface area contributed by atoms with E-state index in [0.29, 0.717) is 18.3 Å². The highest BCUT2D eigenvalue weighted by Crippen LogP contribution is 2.48. The highest BCUT2D eigenvalue weighted by atomic mass is 31.2. The second-order valence-electron chi connectivity index (χ2n) is 3.25. The molecule has 0 aliphatic carbocycles. The Morgan fingerprint density at radius 2 is 1.94 bits per heavy atom. The van der Waals surface area contributed by atoms with Crippen LogP contribution >= 0.6 is 7.60 Å². The van der Waals surface area contributed by atoms with Gasteiger partial charge in [-0.2, -0.15) is 0 Å². The maximum atomic E-state index is 11.9. The van der Waals surface area contributed by atoms with Gasteiger partial charge in [-0.25, -0.2) is 0 Å². The second-order valence-corrected chi connectivity index (χ2v) is 5.62. The van der Waals surface area contributed by atoms with Crippen LogP contribution < -0.4 is 0 Å². The molecule has 0 bridgehead atoms. The molecule has 0 saturated carbocycles. The van der Waals surface area contributed by atoms with E-state index in [1.165, 1.54) is 0 Å². The number of hydrogen-bond acceptors (Lipinski definition) is 4. The summed E-state index contributed by atoms with van der Waals surface area (Å²) in [4.78, 5) is 0. The maximum Gasteiger partial charge on any atom is 0.330 e. The van der Waals surface area contributed by atoms with Gasteiger partial charge >= 0.3 is 7.60 Å². The van der Waals surface area contributed by atoms with E-state index < -0.39 is 7.60 Å². The van der Waals surface area contributed by atoms with Crippen molar-refractivity contribution in [2.24, 2.45) is 0 Å². The smallest absolute Gasteiger partial charge is 0.330 e. The quantitative estimate of drug-likeness (QED) is 0.781. The van der Waals surface area contributed by atoms with Gasteiger partial charge in [-0.3, -0.25) is 4.57 Å². The Morgan fingerprint density at radius 3 is 2.50 bits per heavy atom. The Hall–Kier alpha value is -0.830. The predicted molar refractivity (Wildman–Crippen MR) is 62.7 cm³/mol. The van der Waals surface area contributed by atoms with Crippen molar-refractivity contribution >= 4 is 7.60 Å². The van der Waals surface area contributed by atoms with Crippen molar-refractivity contribution in [1.82, 2.24) is 0 Å². The molecule has 1 aromatic rings. The van der Waals surface area contributed by atoms with E-state index >= 15 is 0 Å². The van der Waals surface area contributed by atoms with Gasteiger partial charge in [-0.05, 0) is 13.0 Å². The summed E-state index contributed by atoms with van der Waals surface area (Å²) in [5, 5.41) is 9.50. The lowest BCUT2D eigenvalue weighted by molar-refractivity contribution is 0.204. The third-order valence-electron chi connectivity index (χ3n) is 2.12. The van der Waals surface area contributed by atoms with E-state index in [1.807, 2.05) is 0 Å². The maximum absolute atomic E-state index is 11.9. The van der Waals surface area contributed by atoms with E-state index in [2.05, 4.69) is 0 Å². The topological polar surface area (TPSA) is 55.8 Å². The number of aromatic hydroxyl groups is 1. The van der Waals surface area contributed by atoms with Crippen molar-refractivity contribution in [2.75, 3.05) is 12.8 Å². The van der Waals surface area contributed by atoms with Crippen LogP contribution in [0.1, 0.15) is 19.4 Å². The van der Waals surface area contributed by atoms with E-state index in [-0.39, 0.29) is 12.4 Å². The average Bonchev–Trinajstić information content (AvgIpc) is 2.28. The second kappa shape index (κ2) is 6.04. The molecule has 5 heteroatoms. The van der Waals surface area contributed by atoms with Crippen molar-refractivity contribution in [2.45, 2.75) is 20.5 Å². The molecule has 0 aromatic heterocycles. The molecule has 0 radical (unpaired) electrons. The van der Waals surface area contributed by atoms with Gasteiger partial charge in [-0.15, -0.1) is 0 Å². The summed E-state index contributed by atoms with van der Waals surface area (Å²) in [6.45, 7) is 3.97. The summed E-state index contributed by atoms with van der Waals surface area (Å²) in [5.74, 6) is 0.140. The Kier molecular flexibility index (Phi) is 5.00. The number of para-hydroxylation sites is 1. The molecule has 4 nitrogen and oxygen atoms in total. The van der Waals surface area contributed by atoms with Crippen LogP contribution in [0.15, 0.2) is 24.3 Å². The number of hydrogen-bond donors (Lipinski definition) is 1. The molecule has 90 valence electrons. The lowest BCUT2D eigenvalue weighted by atomic mass is 10.2. The molecule has 1 N–H and O–H groups in total. The van der Waals surface area contributed by atoms with Gasteiger partial charge < -0.3 is 14.2 Å². The van der Waals surface area contributed by atoms with Gasteiger partial charge in [-0.1, -0.05) is 25.1 Å². The largest absolute Gasteiger partial charge is 0.508 e. The van der Waals surface area contributed by atoms with Crippen LogP contribution in [0.5, 0.6) is 5.75 Å². The highest BCUT2D eigenvalue weighted by molar-refractivity contribution is 7.53. The van der Waals surface area contributed by atoms with Crippen molar-refractivity contribution in [3.63, 3.8) is 0 Å². The van der Waals surface area contributed by atoms with Crippen LogP contribution in [0.25, 0.3) is 0 Å². The summed E-state index contributed by atoms with van der Waals surface area (Å²) in [7, 11) is -3.00. The van der Waals surface area contributed by atoms with Crippen LogP contribution in [0, 0.1) is 0 Å². The third kappa shape index (κ3) is 3.63. The molecule has 0 amide bonds. The molecular formula is C11H17O4P. The molecule has 1 unspecified atom stereocenters. The van der Waals surface area contributed by atoms with E-state index in [1.54, 1.807) is 38.1 Å². The zero-order chi connectivity index (χ0) is 12.0. The Balaban J connectivity index is 2.63. The fourth-order valence-electron chi connectivity index (χ4n) is 1.22. The van der Waals surface area contributed by atoms with Crippen LogP contribution in [0.2, 0.25) is 0 Å². The minimum atomic E-state index is -3.00. The van der Waals surface area contributed by atoms with Crippen molar-refractivity contribution in [3.05, 3.63) is 29.8 Å². The molecule has 1 rings (SSSR count). The predicted octanol–water partition coefficient (Wildman–Crippen LogP) is 3.16. The van der Waals surface area contributed by atoms with Crippen LogP contribution in [-0.2, 0) is 20.2 Å². The SMILES string of the molecule is CCOP(=O)(CC)OCc1ccccc1O. The number of benzene rings is 1. The standard InChI is InChI=1S/C11H17O4P/c1-3-14-16(13,4-2)15-9-10-7-5-6-8-11(10)12/h5-8,12H,3-4,9H2,1-2H3. The van der Waals surface area contributed by atoms with Crippen molar-refractivity contribution in [3.8, 4) is 5.75 Å². The lowest BCUT2D eigenvalue weighted by Crippen LogP contribution is -1.98. The first kappa shape index (κ1) is 13.2. The molecule has 0 spiro atoms. The zero-order valence-corrected chi connectivity index (χ0v) is 10.4. The minimum Gasteiger partial charge on any atom is -0.508 e. The number of phenols is 1. The van der Waals surface area contributed by atoms with E-state index in [9.17, 15) is 9.67 Å². The third-order valence-corrected chi connectivity index (χ3v) is 4.07. The Morgan fingerprint density at radius 1 is 1.25 bits per heavy atom. The first-order valence-electron chi connectivity index (χ1n) is 5.26.